The predicted octanol–water partition coefficient (Wildman–Crippen LogP) is 3.95. The first-order chi connectivity index (χ1) is 12.1. The number of fused-ring (bicyclic) bond motifs is 3. The number of benzene rings is 2. The molecule has 1 unspecified atom stereocenters. The predicted molar refractivity (Wildman–Crippen MR) is 99.0 cm³/mol. The Bertz CT molecular complexity index is 963. The molecule has 1 aliphatic rings. The molecule has 1 aliphatic carbocycles. The molecule has 0 saturated heterocycles. The SMILES string of the molecule is NC(=O)C1CCCc2c1c1c(O)ccc(Cl)c1n2Cc1ccccc1. The average Bonchev–Trinajstić information content (AvgIpc) is 2.95. The number of primary amides is 1. The van der Waals surface area contributed by atoms with Gasteiger partial charge in [-0.05, 0) is 42.5 Å². The lowest BCUT2D eigenvalue weighted by molar-refractivity contribution is -0.119. The zero-order valence-electron chi connectivity index (χ0n) is 13.7. The van der Waals surface area contributed by atoms with Crippen LogP contribution in [0.25, 0.3) is 10.9 Å². The molecule has 0 aliphatic heterocycles. The summed E-state index contributed by atoms with van der Waals surface area (Å²) in [5, 5.41) is 11.7. The quantitative estimate of drug-likeness (QED) is 0.747. The molecule has 3 N–H and O–H groups in total. The monoisotopic (exact) mass is 354 g/mol. The van der Waals surface area contributed by atoms with Gasteiger partial charge in [0.25, 0.3) is 0 Å². The fourth-order valence-corrected chi connectivity index (χ4v) is 4.26. The fourth-order valence-electron chi connectivity index (χ4n) is 4.00. The number of hydrogen-bond acceptors (Lipinski definition) is 2. The minimum atomic E-state index is -0.382. The van der Waals surface area contributed by atoms with Gasteiger partial charge in [0.05, 0.1) is 16.5 Å². The Labute approximate surface area is 150 Å². The number of hydrogen-bond donors (Lipinski definition) is 2. The highest BCUT2D eigenvalue weighted by atomic mass is 35.5. The Hall–Kier alpha value is -2.46. The van der Waals surface area contributed by atoms with Crippen LogP contribution in [0.3, 0.4) is 0 Å². The summed E-state index contributed by atoms with van der Waals surface area (Å²) in [5.74, 6) is -0.581. The molecular weight excluding hydrogens is 336 g/mol. The number of halogens is 1. The normalized spacial score (nSPS) is 16.8. The molecule has 0 bridgehead atoms. The van der Waals surface area contributed by atoms with Gasteiger partial charge < -0.3 is 15.4 Å². The van der Waals surface area contributed by atoms with E-state index in [1.54, 1.807) is 12.1 Å². The highest BCUT2D eigenvalue weighted by Crippen LogP contribution is 2.45. The topological polar surface area (TPSA) is 68.2 Å². The largest absolute Gasteiger partial charge is 0.507 e. The van der Waals surface area contributed by atoms with E-state index in [1.165, 1.54) is 0 Å². The first-order valence-electron chi connectivity index (χ1n) is 8.43. The molecule has 128 valence electrons. The molecule has 0 fully saturated rings. The summed E-state index contributed by atoms with van der Waals surface area (Å²) in [7, 11) is 0. The van der Waals surface area contributed by atoms with Crippen LogP contribution in [-0.4, -0.2) is 15.6 Å². The van der Waals surface area contributed by atoms with Gasteiger partial charge in [-0.1, -0.05) is 41.9 Å². The number of nitrogens with two attached hydrogens (primary N) is 1. The summed E-state index contributed by atoms with van der Waals surface area (Å²) >= 11 is 6.50. The van der Waals surface area contributed by atoms with Crippen LogP contribution in [0.5, 0.6) is 5.75 Å². The Morgan fingerprint density at radius 1 is 1.24 bits per heavy atom. The summed E-state index contributed by atoms with van der Waals surface area (Å²) in [4.78, 5) is 12.0. The summed E-state index contributed by atoms with van der Waals surface area (Å²) in [6, 6.07) is 13.4. The first-order valence-corrected chi connectivity index (χ1v) is 8.81. The van der Waals surface area contributed by atoms with E-state index in [4.69, 9.17) is 17.3 Å². The van der Waals surface area contributed by atoms with E-state index in [0.717, 1.165) is 35.2 Å². The van der Waals surface area contributed by atoms with Crippen LogP contribution in [-0.2, 0) is 17.8 Å². The fraction of sp³-hybridized carbons (Fsp3) is 0.250. The minimum absolute atomic E-state index is 0.149. The minimum Gasteiger partial charge on any atom is -0.507 e. The number of aromatic nitrogens is 1. The van der Waals surface area contributed by atoms with Gasteiger partial charge in [0.1, 0.15) is 5.75 Å². The number of phenols is 1. The summed E-state index contributed by atoms with van der Waals surface area (Å²) < 4.78 is 2.14. The van der Waals surface area contributed by atoms with Crippen LogP contribution in [0.2, 0.25) is 5.02 Å². The molecule has 4 nitrogen and oxygen atoms in total. The summed E-state index contributed by atoms with van der Waals surface area (Å²) in [6.07, 6.45) is 2.44. The zero-order valence-corrected chi connectivity index (χ0v) is 14.5. The second-order valence-electron chi connectivity index (χ2n) is 6.57. The van der Waals surface area contributed by atoms with E-state index >= 15 is 0 Å². The molecule has 3 aromatic rings. The van der Waals surface area contributed by atoms with Crippen LogP contribution in [0.4, 0.5) is 0 Å². The third-order valence-electron chi connectivity index (χ3n) is 5.06. The first kappa shape index (κ1) is 16.0. The molecule has 0 radical (unpaired) electrons. The zero-order chi connectivity index (χ0) is 17.6. The summed E-state index contributed by atoms with van der Waals surface area (Å²) in [5.41, 5.74) is 9.49. The van der Waals surface area contributed by atoms with E-state index in [2.05, 4.69) is 16.7 Å². The lowest BCUT2D eigenvalue weighted by atomic mass is 9.84. The summed E-state index contributed by atoms with van der Waals surface area (Å²) in [6.45, 7) is 0.640. The second kappa shape index (κ2) is 6.12. The van der Waals surface area contributed by atoms with Crippen LogP contribution >= 0.6 is 11.6 Å². The molecule has 4 rings (SSSR count). The third-order valence-corrected chi connectivity index (χ3v) is 5.37. The number of phenolic OH excluding ortho intramolecular Hbond substituents is 1. The molecule has 1 aromatic heterocycles. The number of aromatic hydroxyl groups is 1. The van der Waals surface area contributed by atoms with Gasteiger partial charge in [0.2, 0.25) is 5.91 Å². The van der Waals surface area contributed by atoms with E-state index in [1.807, 2.05) is 18.2 Å². The van der Waals surface area contributed by atoms with Crippen molar-refractivity contribution >= 4 is 28.4 Å². The van der Waals surface area contributed by atoms with Crippen molar-refractivity contribution in [2.45, 2.75) is 31.7 Å². The van der Waals surface area contributed by atoms with Crippen molar-refractivity contribution in [3.8, 4) is 5.75 Å². The van der Waals surface area contributed by atoms with Gasteiger partial charge in [-0.25, -0.2) is 0 Å². The van der Waals surface area contributed by atoms with E-state index < -0.39 is 0 Å². The van der Waals surface area contributed by atoms with Crippen LogP contribution in [0.15, 0.2) is 42.5 Å². The smallest absolute Gasteiger partial charge is 0.225 e. The van der Waals surface area contributed by atoms with Crippen molar-refractivity contribution in [3.63, 3.8) is 0 Å². The molecule has 1 atom stereocenters. The van der Waals surface area contributed by atoms with Gasteiger partial charge in [-0.2, -0.15) is 0 Å². The molecule has 25 heavy (non-hydrogen) atoms. The van der Waals surface area contributed by atoms with Gasteiger partial charge >= 0.3 is 0 Å². The molecule has 2 aromatic carbocycles. The van der Waals surface area contributed by atoms with Gasteiger partial charge in [0, 0.05) is 17.6 Å². The maximum atomic E-state index is 12.0. The standard InChI is InChI=1S/C20H19ClN2O2/c21-14-9-10-16(24)18-17-13(20(22)25)7-4-8-15(17)23(19(14)18)11-12-5-2-1-3-6-12/h1-3,5-6,9-10,13,24H,4,7-8,11H2,(H2,22,25). The van der Waals surface area contributed by atoms with Crippen LogP contribution in [0, 0.1) is 0 Å². The van der Waals surface area contributed by atoms with Crippen molar-refractivity contribution in [2.75, 3.05) is 0 Å². The van der Waals surface area contributed by atoms with Crippen molar-refractivity contribution in [3.05, 3.63) is 64.3 Å². The van der Waals surface area contributed by atoms with E-state index in [-0.39, 0.29) is 17.6 Å². The maximum Gasteiger partial charge on any atom is 0.225 e. The van der Waals surface area contributed by atoms with Gasteiger partial charge in [-0.3, -0.25) is 4.79 Å². The van der Waals surface area contributed by atoms with E-state index in [9.17, 15) is 9.90 Å². The van der Waals surface area contributed by atoms with Gasteiger partial charge in [-0.15, -0.1) is 0 Å². The maximum absolute atomic E-state index is 12.0. The van der Waals surface area contributed by atoms with Crippen LogP contribution < -0.4 is 5.73 Å². The average molecular weight is 355 g/mol. The number of nitrogens with zero attached hydrogens (tertiary/aromatic N) is 1. The number of amides is 1. The van der Waals surface area contributed by atoms with Crippen molar-refractivity contribution < 1.29 is 9.90 Å². The lowest BCUT2D eigenvalue weighted by Gasteiger charge is -2.22. The molecule has 1 heterocycles. The molecule has 0 saturated carbocycles. The van der Waals surface area contributed by atoms with Crippen molar-refractivity contribution in [1.29, 1.82) is 0 Å². The van der Waals surface area contributed by atoms with Gasteiger partial charge in [0.15, 0.2) is 0 Å². The van der Waals surface area contributed by atoms with E-state index in [0.29, 0.717) is 23.4 Å². The number of carbonyl (C=O) groups excluding carboxylic acids is 1. The van der Waals surface area contributed by atoms with Crippen molar-refractivity contribution in [1.82, 2.24) is 4.57 Å². The number of carbonyl (C=O) groups is 1. The third kappa shape index (κ3) is 2.57. The lowest BCUT2D eigenvalue weighted by Crippen LogP contribution is -2.25. The Kier molecular flexibility index (Phi) is 3.92. The van der Waals surface area contributed by atoms with Crippen LogP contribution in [0.1, 0.15) is 35.6 Å². The highest BCUT2D eigenvalue weighted by Gasteiger charge is 2.32. The Balaban J connectivity index is 2.02. The van der Waals surface area contributed by atoms with Crippen molar-refractivity contribution in [2.24, 2.45) is 5.73 Å². The number of rotatable bonds is 3. The Morgan fingerprint density at radius 2 is 2.00 bits per heavy atom. The molecule has 5 heteroatoms. The second-order valence-corrected chi connectivity index (χ2v) is 6.98. The highest BCUT2D eigenvalue weighted by molar-refractivity contribution is 6.35. The Morgan fingerprint density at radius 3 is 2.72 bits per heavy atom. The molecule has 0 spiro atoms. The molecule has 1 amide bonds. The molecular formula is C20H19ClN2O2.